The molecule has 1 rings (SSSR count). The van der Waals surface area contributed by atoms with E-state index in [0.717, 1.165) is 0 Å². The van der Waals surface area contributed by atoms with Crippen LogP contribution in [-0.4, -0.2) is 9.55 Å². The number of imidazole rings is 1. The molecule has 0 aromatic carbocycles. The van der Waals surface area contributed by atoms with Crippen molar-refractivity contribution in [2.24, 2.45) is 0 Å². The van der Waals surface area contributed by atoms with Crippen LogP contribution in [0.15, 0.2) is 18.7 Å². The lowest BCUT2D eigenvalue weighted by Gasteiger charge is -2.18. The Balaban J connectivity index is 2.99. The van der Waals surface area contributed by atoms with E-state index in [1.165, 1.54) is 0 Å². The molecule has 0 unspecified atom stereocenters. The highest BCUT2D eigenvalue weighted by molar-refractivity contribution is 5.06. The zero-order valence-electron chi connectivity index (χ0n) is 6.20. The molecule has 0 atom stereocenters. The zero-order valence-corrected chi connectivity index (χ0v) is 6.20. The maximum absolute atomic E-state index is 5.30. The summed E-state index contributed by atoms with van der Waals surface area (Å²) in [5.41, 5.74) is -0.253. The Morgan fingerprint density at radius 3 is 2.70 bits per heavy atom. The molecule has 2 heteroatoms. The van der Waals surface area contributed by atoms with Gasteiger partial charge >= 0.3 is 0 Å². The third-order valence-electron chi connectivity index (χ3n) is 1.50. The van der Waals surface area contributed by atoms with Crippen LogP contribution in [0.5, 0.6) is 0 Å². The Morgan fingerprint density at radius 2 is 2.30 bits per heavy atom. The highest BCUT2D eigenvalue weighted by Crippen LogP contribution is 2.11. The average molecular weight is 134 g/mol. The summed E-state index contributed by atoms with van der Waals surface area (Å²) in [7, 11) is 0. The predicted octanol–water partition coefficient (Wildman–Crippen LogP) is 1.25. The number of hydrogen-bond donors (Lipinski definition) is 0. The first-order valence-corrected chi connectivity index (χ1v) is 3.13. The molecule has 0 bridgehead atoms. The average Bonchev–Trinajstić information content (AvgIpc) is 2.38. The summed E-state index contributed by atoms with van der Waals surface area (Å²) >= 11 is 0. The predicted molar refractivity (Wildman–Crippen MR) is 40.4 cm³/mol. The van der Waals surface area contributed by atoms with Gasteiger partial charge in [-0.05, 0) is 13.8 Å². The fourth-order valence-corrected chi connectivity index (χ4v) is 0.664. The molecule has 0 fully saturated rings. The summed E-state index contributed by atoms with van der Waals surface area (Å²) < 4.78 is 1.90. The molecule has 0 spiro atoms. The highest BCUT2D eigenvalue weighted by atomic mass is 15.1. The monoisotopic (exact) mass is 134 g/mol. The fourth-order valence-electron chi connectivity index (χ4n) is 0.664. The van der Waals surface area contributed by atoms with E-state index in [2.05, 4.69) is 10.9 Å². The maximum atomic E-state index is 5.30. The maximum Gasteiger partial charge on any atom is 0.100 e. The third-order valence-corrected chi connectivity index (χ3v) is 1.50. The van der Waals surface area contributed by atoms with Gasteiger partial charge in [-0.25, -0.2) is 4.98 Å². The first-order valence-electron chi connectivity index (χ1n) is 3.13. The topological polar surface area (TPSA) is 17.8 Å². The van der Waals surface area contributed by atoms with Crippen LogP contribution in [0.4, 0.5) is 0 Å². The number of nitrogens with zero attached hydrogens (tertiary/aromatic N) is 2. The summed E-state index contributed by atoms with van der Waals surface area (Å²) in [6, 6.07) is 0. The summed E-state index contributed by atoms with van der Waals surface area (Å²) in [5, 5.41) is 0. The van der Waals surface area contributed by atoms with Crippen molar-refractivity contribution in [2.75, 3.05) is 0 Å². The van der Waals surface area contributed by atoms with Crippen molar-refractivity contribution in [1.82, 2.24) is 9.55 Å². The summed E-state index contributed by atoms with van der Waals surface area (Å²) in [4.78, 5) is 3.90. The lowest BCUT2D eigenvalue weighted by atomic mass is 10.1. The lowest BCUT2D eigenvalue weighted by Crippen LogP contribution is -2.21. The molecule has 1 aromatic rings. The van der Waals surface area contributed by atoms with Gasteiger partial charge in [0.25, 0.3) is 0 Å². The molecule has 1 heterocycles. The molecule has 1 aromatic heterocycles. The Bertz CT molecular complexity index is 239. The molecule has 0 aliphatic carbocycles. The zero-order chi connectivity index (χ0) is 7.61. The van der Waals surface area contributed by atoms with E-state index < -0.39 is 0 Å². The quantitative estimate of drug-likeness (QED) is 0.528. The number of terminal acetylenes is 1. The Morgan fingerprint density at radius 1 is 1.60 bits per heavy atom. The van der Waals surface area contributed by atoms with Crippen molar-refractivity contribution in [3.63, 3.8) is 0 Å². The highest BCUT2D eigenvalue weighted by Gasteiger charge is 2.13. The van der Waals surface area contributed by atoms with E-state index in [1.54, 1.807) is 12.5 Å². The number of aromatic nitrogens is 2. The minimum atomic E-state index is -0.253. The molecule has 0 aliphatic heterocycles. The van der Waals surface area contributed by atoms with Gasteiger partial charge in [-0.3, -0.25) is 0 Å². The number of rotatable bonds is 1. The van der Waals surface area contributed by atoms with Crippen LogP contribution >= 0.6 is 0 Å². The van der Waals surface area contributed by atoms with E-state index in [9.17, 15) is 0 Å². The molecule has 0 aliphatic rings. The van der Waals surface area contributed by atoms with E-state index in [1.807, 2.05) is 24.6 Å². The van der Waals surface area contributed by atoms with Gasteiger partial charge in [0.15, 0.2) is 0 Å². The van der Waals surface area contributed by atoms with Gasteiger partial charge in [-0.15, -0.1) is 6.42 Å². The first kappa shape index (κ1) is 6.88. The van der Waals surface area contributed by atoms with E-state index in [0.29, 0.717) is 0 Å². The smallest absolute Gasteiger partial charge is 0.100 e. The summed E-state index contributed by atoms with van der Waals surface area (Å²) in [5.74, 6) is 2.67. The Labute approximate surface area is 60.9 Å². The van der Waals surface area contributed by atoms with E-state index >= 15 is 0 Å². The van der Waals surface area contributed by atoms with Crippen LogP contribution in [0.1, 0.15) is 13.8 Å². The van der Waals surface area contributed by atoms with Crippen LogP contribution in [0, 0.1) is 12.3 Å². The van der Waals surface area contributed by atoms with Gasteiger partial charge < -0.3 is 4.57 Å². The van der Waals surface area contributed by atoms with Crippen molar-refractivity contribution >= 4 is 0 Å². The van der Waals surface area contributed by atoms with Crippen molar-refractivity contribution in [2.45, 2.75) is 19.4 Å². The molecular formula is C8H10N2. The molecule has 2 nitrogen and oxygen atoms in total. The molecule has 0 N–H and O–H groups in total. The van der Waals surface area contributed by atoms with Gasteiger partial charge in [-0.2, -0.15) is 0 Å². The van der Waals surface area contributed by atoms with Crippen molar-refractivity contribution in [3.8, 4) is 12.3 Å². The molecule has 0 radical (unpaired) electrons. The van der Waals surface area contributed by atoms with Gasteiger partial charge in [0.1, 0.15) is 5.54 Å². The third kappa shape index (κ3) is 1.03. The molecule has 0 saturated heterocycles. The van der Waals surface area contributed by atoms with Gasteiger partial charge in [0.2, 0.25) is 0 Å². The van der Waals surface area contributed by atoms with Crippen molar-refractivity contribution in [3.05, 3.63) is 18.7 Å². The fraction of sp³-hybridized carbons (Fsp3) is 0.375. The second kappa shape index (κ2) is 2.18. The largest absolute Gasteiger partial charge is 0.321 e. The van der Waals surface area contributed by atoms with Crippen LogP contribution < -0.4 is 0 Å². The van der Waals surface area contributed by atoms with Crippen molar-refractivity contribution in [1.29, 1.82) is 0 Å². The van der Waals surface area contributed by atoms with Crippen LogP contribution in [-0.2, 0) is 5.54 Å². The molecule has 10 heavy (non-hydrogen) atoms. The van der Waals surface area contributed by atoms with Gasteiger partial charge in [0.05, 0.1) is 6.33 Å². The Kier molecular flexibility index (Phi) is 1.50. The van der Waals surface area contributed by atoms with Crippen LogP contribution in [0.25, 0.3) is 0 Å². The second-order valence-corrected chi connectivity index (χ2v) is 2.67. The number of hydrogen-bond acceptors (Lipinski definition) is 1. The minimum Gasteiger partial charge on any atom is -0.321 e. The van der Waals surface area contributed by atoms with E-state index in [-0.39, 0.29) is 5.54 Å². The van der Waals surface area contributed by atoms with Crippen LogP contribution in [0.2, 0.25) is 0 Å². The summed E-state index contributed by atoms with van der Waals surface area (Å²) in [6.07, 6.45) is 10.6. The molecule has 0 saturated carbocycles. The van der Waals surface area contributed by atoms with Crippen molar-refractivity contribution < 1.29 is 0 Å². The summed E-state index contributed by atoms with van der Waals surface area (Å²) in [6.45, 7) is 3.93. The van der Waals surface area contributed by atoms with Crippen LogP contribution in [0.3, 0.4) is 0 Å². The second-order valence-electron chi connectivity index (χ2n) is 2.67. The lowest BCUT2D eigenvalue weighted by molar-refractivity contribution is 0.474. The van der Waals surface area contributed by atoms with Gasteiger partial charge in [0, 0.05) is 12.4 Å². The normalized spacial score (nSPS) is 10.9. The Hall–Kier alpha value is -1.23. The standard InChI is InChI=1S/C8H10N2/c1-4-8(2,3)10-6-5-9-7-10/h1,5-7H,2-3H3. The molecule has 52 valence electrons. The molecule has 0 amide bonds. The van der Waals surface area contributed by atoms with E-state index in [4.69, 9.17) is 6.42 Å². The first-order chi connectivity index (χ1) is 4.67. The SMILES string of the molecule is C#CC(C)(C)n1ccnc1. The van der Waals surface area contributed by atoms with Gasteiger partial charge in [-0.1, -0.05) is 5.92 Å². The molecular weight excluding hydrogens is 124 g/mol. The minimum absolute atomic E-state index is 0.253.